The number of rotatable bonds is 4. The van der Waals surface area contributed by atoms with Crippen molar-refractivity contribution in [3.8, 4) is 5.75 Å². The van der Waals surface area contributed by atoms with E-state index in [0.717, 1.165) is 0 Å². The van der Waals surface area contributed by atoms with E-state index in [1.165, 1.54) is 18.2 Å². The third-order valence-corrected chi connectivity index (χ3v) is 6.02. The van der Waals surface area contributed by atoms with Crippen LogP contribution in [-0.2, 0) is 15.6 Å². The summed E-state index contributed by atoms with van der Waals surface area (Å²) in [4.78, 5) is -0.124. The number of halogens is 2. The molecule has 1 heterocycles. The van der Waals surface area contributed by atoms with Gasteiger partial charge in [0.15, 0.2) is 0 Å². The maximum absolute atomic E-state index is 12.5. The maximum atomic E-state index is 12.5. The zero-order chi connectivity index (χ0) is 17.4. The van der Waals surface area contributed by atoms with Gasteiger partial charge in [-0.05, 0) is 24.3 Å². The molecule has 2 aromatic carbocycles. The Morgan fingerprint density at radius 3 is 2.75 bits per heavy atom. The first-order valence-corrected chi connectivity index (χ1v) is 9.45. The monoisotopic (exact) mass is 387 g/mol. The minimum Gasteiger partial charge on any atom is -0.493 e. The largest absolute Gasteiger partial charge is 0.493 e. The molecule has 24 heavy (non-hydrogen) atoms. The maximum Gasteiger partial charge on any atom is 0.242 e. The molecule has 3 rings (SSSR count). The molecule has 5 nitrogen and oxygen atoms in total. The summed E-state index contributed by atoms with van der Waals surface area (Å²) in [6.07, 6.45) is 0.274. The molecule has 2 aromatic rings. The van der Waals surface area contributed by atoms with E-state index >= 15 is 0 Å². The van der Waals surface area contributed by atoms with Crippen LogP contribution >= 0.6 is 23.2 Å². The molecule has 0 radical (unpaired) electrons. The summed E-state index contributed by atoms with van der Waals surface area (Å²) in [7, 11) is -3.92. The molecule has 0 bridgehead atoms. The van der Waals surface area contributed by atoms with Gasteiger partial charge in [0, 0.05) is 23.6 Å². The lowest BCUT2D eigenvalue weighted by atomic mass is 9.88. The van der Waals surface area contributed by atoms with Gasteiger partial charge in [-0.2, -0.15) is 0 Å². The van der Waals surface area contributed by atoms with Crippen LogP contribution in [-0.4, -0.2) is 26.7 Å². The van der Waals surface area contributed by atoms with Crippen LogP contribution < -0.4 is 9.46 Å². The minimum absolute atomic E-state index is 0.0614. The molecule has 0 amide bonds. The Morgan fingerprint density at radius 2 is 1.96 bits per heavy atom. The molecular formula is C16H15Cl2NO4S. The van der Waals surface area contributed by atoms with E-state index in [2.05, 4.69) is 4.72 Å². The van der Waals surface area contributed by atoms with Gasteiger partial charge < -0.3 is 9.84 Å². The summed E-state index contributed by atoms with van der Waals surface area (Å²) < 4.78 is 32.9. The van der Waals surface area contributed by atoms with Gasteiger partial charge in [0.25, 0.3) is 0 Å². The zero-order valence-electron chi connectivity index (χ0n) is 12.5. The van der Waals surface area contributed by atoms with Crippen molar-refractivity contribution in [3.63, 3.8) is 0 Å². The first-order valence-electron chi connectivity index (χ1n) is 7.21. The molecule has 1 aliphatic heterocycles. The van der Waals surface area contributed by atoms with Crippen LogP contribution in [0.25, 0.3) is 0 Å². The van der Waals surface area contributed by atoms with Crippen LogP contribution in [0, 0.1) is 0 Å². The van der Waals surface area contributed by atoms with Gasteiger partial charge >= 0.3 is 0 Å². The average molecular weight is 388 g/mol. The summed E-state index contributed by atoms with van der Waals surface area (Å²) in [6, 6.07) is 11.2. The number of nitrogens with one attached hydrogen (secondary N) is 1. The molecule has 0 aliphatic carbocycles. The van der Waals surface area contributed by atoms with Gasteiger partial charge in [-0.25, -0.2) is 13.1 Å². The Bertz CT molecular complexity index is 872. The third-order valence-electron chi connectivity index (χ3n) is 3.90. The Labute approximate surface area is 150 Å². The van der Waals surface area contributed by atoms with Crippen molar-refractivity contribution >= 4 is 33.2 Å². The standard InChI is InChI=1S/C16H15Cl2NO4S/c17-11-5-6-13(18)15(9-11)24(21,22)19-10-16(20)7-8-23-14-4-2-1-3-12(14)16/h1-6,9,19-20H,7-8,10H2/t16-/m0/s1. The van der Waals surface area contributed by atoms with Crippen molar-refractivity contribution in [1.29, 1.82) is 0 Å². The highest BCUT2D eigenvalue weighted by Crippen LogP contribution is 2.36. The Hall–Kier alpha value is -1.31. The fourth-order valence-electron chi connectivity index (χ4n) is 2.60. The molecule has 0 fully saturated rings. The Morgan fingerprint density at radius 1 is 1.21 bits per heavy atom. The van der Waals surface area contributed by atoms with Crippen LogP contribution in [0.15, 0.2) is 47.4 Å². The summed E-state index contributed by atoms with van der Waals surface area (Å²) in [6.45, 7) is 0.103. The van der Waals surface area contributed by atoms with Crippen molar-refractivity contribution < 1.29 is 18.3 Å². The lowest BCUT2D eigenvalue weighted by Crippen LogP contribution is -2.43. The molecule has 1 atom stereocenters. The fourth-order valence-corrected chi connectivity index (χ4v) is 4.45. The predicted octanol–water partition coefficient (Wildman–Crippen LogP) is 2.94. The molecule has 0 spiro atoms. The number of fused-ring (bicyclic) bond motifs is 1. The SMILES string of the molecule is O=S(=O)(NC[C@@]1(O)CCOc2ccccc21)c1cc(Cl)ccc1Cl. The number of benzene rings is 2. The number of para-hydroxylation sites is 1. The summed E-state index contributed by atoms with van der Waals surface area (Å²) in [5, 5.41) is 11.2. The van der Waals surface area contributed by atoms with Crippen LogP contribution in [0.3, 0.4) is 0 Å². The number of hydrogen-bond acceptors (Lipinski definition) is 4. The molecular weight excluding hydrogens is 373 g/mol. The third kappa shape index (κ3) is 3.38. The molecule has 2 N–H and O–H groups in total. The smallest absolute Gasteiger partial charge is 0.242 e. The minimum atomic E-state index is -3.92. The quantitative estimate of drug-likeness (QED) is 0.845. The van der Waals surface area contributed by atoms with Crippen molar-refractivity contribution in [2.45, 2.75) is 16.9 Å². The molecule has 0 saturated heterocycles. The summed E-state index contributed by atoms with van der Waals surface area (Å²) in [5.74, 6) is 0.547. The van der Waals surface area contributed by atoms with Crippen molar-refractivity contribution in [2.75, 3.05) is 13.2 Å². The van der Waals surface area contributed by atoms with Crippen LogP contribution in [0.4, 0.5) is 0 Å². The molecule has 1 aliphatic rings. The van der Waals surface area contributed by atoms with E-state index in [-0.39, 0.29) is 27.9 Å². The van der Waals surface area contributed by atoms with E-state index in [0.29, 0.717) is 17.9 Å². The highest BCUT2D eigenvalue weighted by molar-refractivity contribution is 7.89. The zero-order valence-corrected chi connectivity index (χ0v) is 14.8. The molecule has 128 valence electrons. The molecule has 8 heteroatoms. The Kier molecular flexibility index (Phi) is 4.77. The number of sulfonamides is 1. The number of hydrogen-bond donors (Lipinski definition) is 2. The van der Waals surface area contributed by atoms with E-state index in [1.54, 1.807) is 24.3 Å². The van der Waals surface area contributed by atoms with Gasteiger partial charge in [-0.15, -0.1) is 0 Å². The first kappa shape index (κ1) is 17.5. The van der Waals surface area contributed by atoms with E-state index in [4.69, 9.17) is 27.9 Å². The van der Waals surface area contributed by atoms with Gasteiger partial charge in [0.1, 0.15) is 16.2 Å². The van der Waals surface area contributed by atoms with Gasteiger partial charge in [-0.1, -0.05) is 41.4 Å². The predicted molar refractivity (Wildman–Crippen MR) is 92.1 cm³/mol. The van der Waals surface area contributed by atoms with Crippen molar-refractivity contribution in [2.24, 2.45) is 0 Å². The fraction of sp³-hybridized carbons (Fsp3) is 0.250. The molecule has 0 unspecified atom stereocenters. The molecule has 0 saturated carbocycles. The second-order valence-corrected chi connectivity index (χ2v) is 8.10. The normalized spacial score (nSPS) is 20.3. The van der Waals surface area contributed by atoms with Gasteiger partial charge in [0.2, 0.25) is 10.0 Å². The van der Waals surface area contributed by atoms with Crippen LogP contribution in [0.1, 0.15) is 12.0 Å². The summed E-state index contributed by atoms with van der Waals surface area (Å²) >= 11 is 11.8. The van der Waals surface area contributed by atoms with Crippen molar-refractivity contribution in [1.82, 2.24) is 4.72 Å². The Balaban J connectivity index is 1.86. The highest BCUT2D eigenvalue weighted by Gasteiger charge is 2.36. The van der Waals surface area contributed by atoms with Gasteiger partial charge in [0.05, 0.1) is 11.6 Å². The second-order valence-electron chi connectivity index (χ2n) is 5.53. The van der Waals surface area contributed by atoms with Crippen LogP contribution in [0.5, 0.6) is 5.75 Å². The number of ether oxygens (including phenoxy) is 1. The summed E-state index contributed by atoms with van der Waals surface area (Å²) in [5.41, 5.74) is -0.802. The average Bonchev–Trinajstić information content (AvgIpc) is 2.56. The second kappa shape index (κ2) is 6.54. The first-order chi connectivity index (χ1) is 11.3. The lowest BCUT2D eigenvalue weighted by Gasteiger charge is -2.34. The van der Waals surface area contributed by atoms with E-state index in [1.807, 2.05) is 0 Å². The van der Waals surface area contributed by atoms with E-state index < -0.39 is 15.6 Å². The van der Waals surface area contributed by atoms with Crippen molar-refractivity contribution in [3.05, 3.63) is 58.1 Å². The number of aliphatic hydroxyl groups is 1. The van der Waals surface area contributed by atoms with Gasteiger partial charge in [-0.3, -0.25) is 0 Å². The van der Waals surface area contributed by atoms with Crippen LogP contribution in [0.2, 0.25) is 10.0 Å². The van der Waals surface area contributed by atoms with E-state index in [9.17, 15) is 13.5 Å². The lowest BCUT2D eigenvalue weighted by molar-refractivity contribution is 0.00219. The highest BCUT2D eigenvalue weighted by atomic mass is 35.5. The molecule has 0 aromatic heterocycles. The topological polar surface area (TPSA) is 75.6 Å².